The highest BCUT2D eigenvalue weighted by Crippen LogP contribution is 2.03. The van der Waals surface area contributed by atoms with Gasteiger partial charge in [-0.05, 0) is 0 Å². The number of hydrogen-bond donors (Lipinski definition) is 8. The van der Waals surface area contributed by atoms with E-state index in [2.05, 4.69) is 0 Å². The topological polar surface area (TPSA) is 158 Å². The highest BCUT2D eigenvalue weighted by molar-refractivity contribution is 4.79. The largest absolute Gasteiger partial charge is 0.394 e. The van der Waals surface area contributed by atoms with Crippen molar-refractivity contribution < 1.29 is 41.1 Å². The van der Waals surface area contributed by atoms with E-state index < -0.39 is 43.7 Å². The Hall–Kier alpha value is -0.320. The van der Waals surface area contributed by atoms with Crippen molar-refractivity contribution in [2.45, 2.75) is 30.5 Å². The summed E-state index contributed by atoms with van der Waals surface area (Å²) in [7, 11) is 0. The summed E-state index contributed by atoms with van der Waals surface area (Å²) in [6, 6.07) is 0. The molecule has 0 spiro atoms. The third-order valence-corrected chi connectivity index (χ3v) is 2.38. The van der Waals surface area contributed by atoms with Crippen LogP contribution in [0.15, 0.2) is 0 Å². The van der Waals surface area contributed by atoms with Crippen molar-refractivity contribution >= 4 is 0 Å². The summed E-state index contributed by atoms with van der Waals surface area (Å²) in [5.41, 5.74) is 0. The van der Waals surface area contributed by atoms with Gasteiger partial charge in [0, 0.05) is 0 Å². The number of nitrogens with two attached hydrogens (primary N) is 1. The number of rotatable bonds is 9. The summed E-state index contributed by atoms with van der Waals surface area (Å²) in [5, 5.41) is 64.7. The molecule has 0 bridgehead atoms. The van der Waals surface area contributed by atoms with Gasteiger partial charge in [0.2, 0.25) is 0 Å². The third-order valence-electron chi connectivity index (χ3n) is 2.38. The molecule has 0 saturated carbocycles. The summed E-state index contributed by atoms with van der Waals surface area (Å²) >= 11 is 0. The molecule has 5 unspecified atom stereocenters. The lowest BCUT2D eigenvalue weighted by Crippen LogP contribution is -2.89. The van der Waals surface area contributed by atoms with E-state index in [4.69, 9.17) is 20.4 Å². The van der Waals surface area contributed by atoms with E-state index in [0.717, 1.165) is 0 Å². The van der Waals surface area contributed by atoms with Gasteiger partial charge >= 0.3 is 0 Å². The predicted molar refractivity (Wildman–Crippen MR) is 55.9 cm³/mol. The molecule has 0 radical (unpaired) electrons. The molecule has 0 rings (SSSR count). The maximum absolute atomic E-state index is 9.44. The van der Waals surface area contributed by atoms with E-state index in [9.17, 15) is 15.3 Å². The minimum atomic E-state index is -1.65. The van der Waals surface area contributed by atoms with Gasteiger partial charge in [-0.3, -0.25) is 0 Å². The first-order valence-electron chi connectivity index (χ1n) is 5.37. The maximum Gasteiger partial charge on any atom is 0.131 e. The number of quaternary nitrogens is 1. The molecule has 17 heavy (non-hydrogen) atoms. The van der Waals surface area contributed by atoms with Crippen LogP contribution < -0.4 is 5.32 Å². The van der Waals surface area contributed by atoms with Crippen molar-refractivity contribution in [2.75, 3.05) is 26.3 Å². The Labute approximate surface area is 98.8 Å². The zero-order valence-corrected chi connectivity index (χ0v) is 9.42. The number of aliphatic hydroxyl groups is 7. The predicted octanol–water partition coefficient (Wildman–Crippen LogP) is -5.66. The molecule has 0 aromatic carbocycles. The standard InChI is InChI=1S/C9H21NO7/c11-3-5(13)1-10-2-6(14)8(16)9(17)7(15)4-12/h5-17H,1-4H2/p+1. The molecular formula is C9H22NO7+. The fraction of sp³-hybridized carbons (Fsp3) is 1.00. The van der Waals surface area contributed by atoms with E-state index in [1.807, 2.05) is 0 Å². The molecule has 0 amide bonds. The Kier molecular flexibility index (Phi) is 8.56. The smallest absolute Gasteiger partial charge is 0.131 e. The van der Waals surface area contributed by atoms with E-state index in [-0.39, 0.29) is 13.1 Å². The quantitative estimate of drug-likeness (QED) is 0.204. The summed E-state index contributed by atoms with van der Waals surface area (Å²) in [6.07, 6.45) is -7.02. The van der Waals surface area contributed by atoms with Gasteiger partial charge in [0.25, 0.3) is 0 Å². The zero-order valence-electron chi connectivity index (χ0n) is 9.42. The summed E-state index contributed by atoms with van der Waals surface area (Å²) in [6.45, 7) is -1.01. The number of aliphatic hydroxyl groups excluding tert-OH is 7. The molecule has 8 heteroatoms. The molecule has 5 atom stereocenters. The summed E-state index contributed by atoms with van der Waals surface area (Å²) < 4.78 is 0. The molecule has 104 valence electrons. The molecule has 0 aliphatic heterocycles. The fourth-order valence-corrected chi connectivity index (χ4v) is 1.24. The third kappa shape index (κ3) is 6.24. The van der Waals surface area contributed by atoms with Crippen molar-refractivity contribution in [2.24, 2.45) is 0 Å². The van der Waals surface area contributed by atoms with Gasteiger partial charge < -0.3 is 41.1 Å². The first kappa shape index (κ1) is 16.7. The Morgan fingerprint density at radius 2 is 1.24 bits per heavy atom. The second-order valence-electron chi connectivity index (χ2n) is 3.89. The first-order chi connectivity index (χ1) is 7.93. The summed E-state index contributed by atoms with van der Waals surface area (Å²) in [5.74, 6) is 0. The molecule has 0 aromatic heterocycles. The van der Waals surface area contributed by atoms with Crippen molar-refractivity contribution in [3.05, 3.63) is 0 Å². The minimum Gasteiger partial charge on any atom is -0.394 e. The fourth-order valence-electron chi connectivity index (χ4n) is 1.24. The molecule has 0 fully saturated rings. The first-order valence-corrected chi connectivity index (χ1v) is 5.37. The Morgan fingerprint density at radius 3 is 1.71 bits per heavy atom. The van der Waals surface area contributed by atoms with Crippen molar-refractivity contribution in [1.29, 1.82) is 0 Å². The van der Waals surface area contributed by atoms with Crippen molar-refractivity contribution in [1.82, 2.24) is 0 Å². The number of hydrogen-bond acceptors (Lipinski definition) is 7. The lowest BCUT2D eigenvalue weighted by atomic mass is 10.0. The molecule has 0 aliphatic carbocycles. The Morgan fingerprint density at radius 1 is 0.706 bits per heavy atom. The van der Waals surface area contributed by atoms with Crippen LogP contribution in [-0.2, 0) is 0 Å². The van der Waals surface area contributed by atoms with Crippen LogP contribution in [0.2, 0.25) is 0 Å². The molecule has 8 nitrogen and oxygen atoms in total. The second-order valence-corrected chi connectivity index (χ2v) is 3.89. The molecule has 0 heterocycles. The van der Waals surface area contributed by atoms with Gasteiger partial charge in [-0.1, -0.05) is 0 Å². The maximum atomic E-state index is 9.44. The van der Waals surface area contributed by atoms with E-state index >= 15 is 0 Å². The van der Waals surface area contributed by atoms with Crippen LogP contribution in [0, 0.1) is 0 Å². The van der Waals surface area contributed by atoms with E-state index in [0.29, 0.717) is 0 Å². The zero-order chi connectivity index (χ0) is 13.4. The normalized spacial score (nSPS) is 20.6. The van der Waals surface area contributed by atoms with E-state index in [1.54, 1.807) is 0 Å². The Bertz CT molecular complexity index is 194. The van der Waals surface area contributed by atoms with Crippen LogP contribution in [0.1, 0.15) is 0 Å². The minimum absolute atomic E-state index is 0.0204. The van der Waals surface area contributed by atoms with Gasteiger partial charge in [0.15, 0.2) is 0 Å². The highest BCUT2D eigenvalue weighted by atomic mass is 16.4. The van der Waals surface area contributed by atoms with Gasteiger partial charge in [-0.15, -0.1) is 0 Å². The second kappa shape index (κ2) is 8.72. The molecule has 0 aromatic rings. The van der Waals surface area contributed by atoms with Crippen molar-refractivity contribution in [3.63, 3.8) is 0 Å². The molecule has 9 N–H and O–H groups in total. The lowest BCUT2D eigenvalue weighted by Gasteiger charge is -2.24. The van der Waals surface area contributed by atoms with Crippen LogP contribution >= 0.6 is 0 Å². The van der Waals surface area contributed by atoms with Crippen LogP contribution in [0.25, 0.3) is 0 Å². The van der Waals surface area contributed by atoms with E-state index in [1.165, 1.54) is 5.32 Å². The molecular weight excluding hydrogens is 234 g/mol. The highest BCUT2D eigenvalue weighted by Gasteiger charge is 2.30. The average Bonchev–Trinajstić information content (AvgIpc) is 2.35. The van der Waals surface area contributed by atoms with Gasteiger partial charge in [-0.2, -0.15) is 0 Å². The lowest BCUT2D eigenvalue weighted by molar-refractivity contribution is -0.668. The van der Waals surface area contributed by atoms with Crippen LogP contribution in [0.5, 0.6) is 0 Å². The van der Waals surface area contributed by atoms with Gasteiger partial charge in [0.1, 0.15) is 43.6 Å². The summed E-state index contributed by atoms with van der Waals surface area (Å²) in [4.78, 5) is 0. The SMILES string of the molecule is OCC(O)C[NH2+]CC(O)C(O)C(O)C(O)CO. The monoisotopic (exact) mass is 256 g/mol. The van der Waals surface area contributed by atoms with Crippen LogP contribution in [-0.4, -0.2) is 92.6 Å². The molecule has 0 saturated heterocycles. The van der Waals surface area contributed by atoms with Crippen LogP contribution in [0.3, 0.4) is 0 Å². The van der Waals surface area contributed by atoms with Crippen molar-refractivity contribution in [3.8, 4) is 0 Å². The van der Waals surface area contributed by atoms with Crippen LogP contribution in [0.4, 0.5) is 0 Å². The van der Waals surface area contributed by atoms with Gasteiger partial charge in [0.05, 0.1) is 13.2 Å². The average molecular weight is 256 g/mol. The van der Waals surface area contributed by atoms with Gasteiger partial charge in [-0.25, -0.2) is 0 Å². The molecule has 0 aliphatic rings. The Balaban J connectivity index is 3.92.